The van der Waals surface area contributed by atoms with Gasteiger partial charge in [-0.15, -0.1) is 0 Å². The quantitative estimate of drug-likeness (QED) is 0.0957. The highest BCUT2D eigenvalue weighted by molar-refractivity contribution is 5.70. The molecule has 5 atom stereocenters. The molecule has 0 aromatic carbocycles. The zero-order valence-electron chi connectivity index (χ0n) is 25.6. The maximum absolute atomic E-state index is 11.5. The number of esters is 1. The van der Waals surface area contributed by atoms with Crippen LogP contribution in [0, 0.1) is 17.8 Å². The highest BCUT2D eigenvalue weighted by Crippen LogP contribution is 2.25. The van der Waals surface area contributed by atoms with Crippen molar-refractivity contribution in [3.05, 3.63) is 0 Å². The maximum Gasteiger partial charge on any atom is 0.306 e. The average Bonchev–Trinajstić information content (AvgIpc) is 2.84. The fourth-order valence-corrected chi connectivity index (χ4v) is 6.08. The predicted molar refractivity (Wildman–Crippen MR) is 160 cm³/mol. The molecule has 3 heteroatoms. The van der Waals surface area contributed by atoms with Crippen LogP contribution < -0.4 is 0 Å². The van der Waals surface area contributed by atoms with Crippen molar-refractivity contribution in [2.24, 2.45) is 17.8 Å². The van der Waals surface area contributed by atoms with Gasteiger partial charge in [0, 0.05) is 12.8 Å². The Bertz CT molecular complexity index is 519. The minimum Gasteiger partial charge on any atom is -0.462 e. The second-order valence-corrected chi connectivity index (χ2v) is 13.0. The zero-order valence-corrected chi connectivity index (χ0v) is 25.6. The van der Waals surface area contributed by atoms with Gasteiger partial charge in [0.05, 0.1) is 6.10 Å². The monoisotopic (exact) mass is 523 g/mol. The number of unbranched alkanes of at least 4 members (excludes halogenated alkanes) is 14. The van der Waals surface area contributed by atoms with E-state index in [4.69, 9.17) is 4.74 Å². The lowest BCUT2D eigenvalue weighted by Crippen LogP contribution is -2.31. The predicted octanol–water partition coefficient (Wildman–Crippen LogP) is 10.6. The van der Waals surface area contributed by atoms with Crippen LogP contribution >= 0.6 is 0 Å². The highest BCUT2D eigenvalue weighted by atomic mass is 16.5. The molecule has 0 aromatic heterocycles. The molecular weight excluding hydrogens is 456 g/mol. The number of hydrogen-bond acceptors (Lipinski definition) is 3. The van der Waals surface area contributed by atoms with Crippen molar-refractivity contribution in [1.82, 2.24) is 0 Å². The van der Waals surface area contributed by atoms with Crippen LogP contribution in [0.5, 0.6) is 0 Å². The van der Waals surface area contributed by atoms with Crippen molar-refractivity contribution < 1.29 is 14.6 Å². The Morgan fingerprint density at radius 2 is 1.14 bits per heavy atom. The molecule has 0 spiro atoms. The molecule has 1 N–H and O–H groups in total. The molecule has 5 unspecified atom stereocenters. The van der Waals surface area contributed by atoms with Gasteiger partial charge in [-0.3, -0.25) is 4.79 Å². The Hall–Kier alpha value is -0.570. The topological polar surface area (TPSA) is 46.5 Å². The number of rotatable bonds is 25. The number of cyclic esters (lactones) is 1. The van der Waals surface area contributed by atoms with Crippen LogP contribution in [0.15, 0.2) is 0 Å². The van der Waals surface area contributed by atoms with Gasteiger partial charge in [0.25, 0.3) is 0 Å². The first-order valence-corrected chi connectivity index (χ1v) is 16.8. The molecule has 1 fully saturated rings. The standard InChI is InChI=1S/C34H66O3/c1-5-6-7-15-18-21-29(2)24-25-30(3)22-19-16-13-11-9-8-10-12-14-17-20-23-32(35)28-33-26-31(4)27-34(36)37-33/h29-33,35H,5-28H2,1-4H3. The van der Waals surface area contributed by atoms with E-state index in [9.17, 15) is 9.90 Å². The molecule has 220 valence electrons. The van der Waals surface area contributed by atoms with Crippen molar-refractivity contribution in [2.75, 3.05) is 0 Å². The summed E-state index contributed by atoms with van der Waals surface area (Å²) < 4.78 is 5.39. The van der Waals surface area contributed by atoms with Gasteiger partial charge in [-0.2, -0.15) is 0 Å². The third-order valence-electron chi connectivity index (χ3n) is 8.70. The van der Waals surface area contributed by atoms with Crippen molar-refractivity contribution in [1.29, 1.82) is 0 Å². The van der Waals surface area contributed by atoms with E-state index < -0.39 is 0 Å². The summed E-state index contributed by atoms with van der Waals surface area (Å²) in [6, 6.07) is 0. The fourth-order valence-electron chi connectivity index (χ4n) is 6.08. The summed E-state index contributed by atoms with van der Waals surface area (Å²) in [6.07, 6.45) is 30.2. The van der Waals surface area contributed by atoms with Gasteiger partial charge in [0.1, 0.15) is 6.10 Å². The van der Waals surface area contributed by atoms with Gasteiger partial charge in [0.2, 0.25) is 0 Å². The average molecular weight is 523 g/mol. The van der Waals surface area contributed by atoms with Crippen molar-refractivity contribution in [3.8, 4) is 0 Å². The second-order valence-electron chi connectivity index (χ2n) is 13.0. The Kier molecular flexibility index (Phi) is 21.7. The molecule has 0 aliphatic carbocycles. The summed E-state index contributed by atoms with van der Waals surface area (Å²) in [5.41, 5.74) is 0. The third kappa shape index (κ3) is 21.0. The summed E-state index contributed by atoms with van der Waals surface area (Å²) in [5.74, 6) is 2.14. The number of hydrogen-bond donors (Lipinski definition) is 1. The minimum atomic E-state index is -0.320. The van der Waals surface area contributed by atoms with Crippen LogP contribution in [0.25, 0.3) is 0 Å². The van der Waals surface area contributed by atoms with Gasteiger partial charge in [0.15, 0.2) is 0 Å². The maximum atomic E-state index is 11.5. The number of aliphatic hydroxyl groups excluding tert-OH is 1. The van der Waals surface area contributed by atoms with Crippen LogP contribution in [-0.2, 0) is 9.53 Å². The van der Waals surface area contributed by atoms with E-state index >= 15 is 0 Å². The molecular formula is C34H66O3. The lowest BCUT2D eigenvalue weighted by Gasteiger charge is -2.28. The highest BCUT2D eigenvalue weighted by Gasteiger charge is 2.27. The second kappa shape index (κ2) is 23.3. The third-order valence-corrected chi connectivity index (χ3v) is 8.70. The molecule has 37 heavy (non-hydrogen) atoms. The number of carbonyl (C=O) groups is 1. The van der Waals surface area contributed by atoms with E-state index in [1.807, 2.05) is 0 Å². The fraction of sp³-hybridized carbons (Fsp3) is 0.971. The smallest absolute Gasteiger partial charge is 0.306 e. The molecule has 0 amide bonds. The summed E-state index contributed by atoms with van der Waals surface area (Å²) in [7, 11) is 0. The number of ether oxygens (including phenoxy) is 1. The summed E-state index contributed by atoms with van der Waals surface area (Å²) in [4.78, 5) is 11.5. The van der Waals surface area contributed by atoms with Gasteiger partial charge in [-0.25, -0.2) is 0 Å². The van der Waals surface area contributed by atoms with Crippen LogP contribution in [-0.4, -0.2) is 23.3 Å². The van der Waals surface area contributed by atoms with E-state index in [0.29, 0.717) is 18.8 Å². The van der Waals surface area contributed by atoms with Crippen LogP contribution in [0.3, 0.4) is 0 Å². The van der Waals surface area contributed by atoms with E-state index in [0.717, 1.165) is 31.1 Å². The first-order chi connectivity index (χ1) is 17.9. The SMILES string of the molecule is CCCCCCCC(C)CCC(C)CCCCCCCCCCCCCC(O)CC1CC(C)CC(=O)O1. The van der Waals surface area contributed by atoms with Crippen LogP contribution in [0.4, 0.5) is 0 Å². The lowest BCUT2D eigenvalue weighted by molar-refractivity contribution is -0.158. The Labute approximate surface area is 232 Å². The Morgan fingerprint density at radius 3 is 1.59 bits per heavy atom. The Balaban J connectivity index is 1.81. The van der Waals surface area contributed by atoms with Crippen molar-refractivity contribution in [3.63, 3.8) is 0 Å². The van der Waals surface area contributed by atoms with Crippen molar-refractivity contribution >= 4 is 5.97 Å². The summed E-state index contributed by atoms with van der Waals surface area (Å²) >= 11 is 0. The first-order valence-electron chi connectivity index (χ1n) is 16.8. The largest absolute Gasteiger partial charge is 0.462 e. The van der Waals surface area contributed by atoms with E-state index in [2.05, 4.69) is 27.7 Å². The zero-order chi connectivity index (χ0) is 27.1. The molecule has 1 rings (SSSR count). The Morgan fingerprint density at radius 1 is 0.703 bits per heavy atom. The van der Waals surface area contributed by atoms with Crippen LogP contribution in [0.1, 0.15) is 182 Å². The molecule has 0 saturated carbocycles. The van der Waals surface area contributed by atoms with Gasteiger partial charge in [-0.1, -0.05) is 156 Å². The molecule has 1 aliphatic heterocycles. The molecule has 0 radical (unpaired) electrons. The molecule has 1 saturated heterocycles. The van der Waals surface area contributed by atoms with Gasteiger partial charge in [-0.05, 0) is 30.6 Å². The number of carbonyl (C=O) groups excluding carboxylic acids is 1. The molecule has 0 aromatic rings. The normalized spacial score (nSPS) is 20.5. The first kappa shape index (κ1) is 34.5. The van der Waals surface area contributed by atoms with Gasteiger partial charge < -0.3 is 9.84 Å². The summed E-state index contributed by atoms with van der Waals surface area (Å²) in [5, 5.41) is 10.3. The molecule has 0 bridgehead atoms. The van der Waals surface area contributed by atoms with Crippen molar-refractivity contribution in [2.45, 2.75) is 194 Å². The molecule has 3 nitrogen and oxygen atoms in total. The van der Waals surface area contributed by atoms with E-state index in [1.54, 1.807) is 0 Å². The van der Waals surface area contributed by atoms with Gasteiger partial charge >= 0.3 is 5.97 Å². The molecule has 1 heterocycles. The summed E-state index contributed by atoms with van der Waals surface area (Å²) in [6.45, 7) is 9.34. The van der Waals surface area contributed by atoms with Crippen LogP contribution in [0.2, 0.25) is 0 Å². The minimum absolute atomic E-state index is 0.0711. The lowest BCUT2D eigenvalue weighted by atomic mass is 9.91. The van der Waals surface area contributed by atoms with E-state index in [1.165, 1.54) is 122 Å². The molecule has 1 aliphatic rings. The van der Waals surface area contributed by atoms with E-state index in [-0.39, 0.29) is 18.2 Å². The number of aliphatic hydroxyl groups is 1.